The van der Waals surface area contributed by atoms with E-state index in [0.717, 1.165) is 29.7 Å². The monoisotopic (exact) mass is 216 g/mol. The smallest absolute Gasteiger partial charge is 0.328 e. The maximum Gasteiger partial charge on any atom is 0.328 e. The van der Waals surface area contributed by atoms with Gasteiger partial charge < -0.3 is 9.30 Å². The Balaban J connectivity index is 2.19. The van der Waals surface area contributed by atoms with Crippen LogP contribution in [0.25, 0.3) is 11.0 Å². The van der Waals surface area contributed by atoms with Crippen LogP contribution >= 0.6 is 0 Å². The van der Waals surface area contributed by atoms with Crippen LogP contribution in [0.5, 0.6) is 0 Å². The van der Waals surface area contributed by atoms with Crippen molar-refractivity contribution in [2.75, 3.05) is 7.11 Å². The Labute approximate surface area is 92.8 Å². The lowest BCUT2D eigenvalue weighted by atomic mass is 10.2. The van der Waals surface area contributed by atoms with Gasteiger partial charge in [-0.25, -0.2) is 9.78 Å². The predicted molar refractivity (Wildman–Crippen MR) is 59.1 cm³/mol. The third-order valence-corrected chi connectivity index (χ3v) is 3.10. The quantitative estimate of drug-likeness (QED) is 0.681. The Morgan fingerprint density at radius 2 is 2.31 bits per heavy atom. The number of hydrogen-bond acceptors (Lipinski definition) is 3. The third-order valence-electron chi connectivity index (χ3n) is 3.10. The zero-order chi connectivity index (χ0) is 11.1. The number of carbonyl (C=O) groups is 1. The average molecular weight is 216 g/mol. The highest BCUT2D eigenvalue weighted by Gasteiger charge is 2.31. The Bertz CT molecular complexity index is 559. The minimum atomic E-state index is -0.201. The van der Waals surface area contributed by atoms with Crippen LogP contribution in [0.1, 0.15) is 18.3 Å². The van der Waals surface area contributed by atoms with Gasteiger partial charge in [0.2, 0.25) is 0 Å². The van der Waals surface area contributed by atoms with Crippen molar-refractivity contribution in [2.45, 2.75) is 18.9 Å². The average Bonchev–Trinajstić information content (AvgIpc) is 2.86. The summed E-state index contributed by atoms with van der Waals surface area (Å²) < 4.78 is 6.82. The van der Waals surface area contributed by atoms with E-state index >= 15 is 0 Å². The van der Waals surface area contributed by atoms with Crippen molar-refractivity contribution in [1.82, 2.24) is 9.55 Å². The molecule has 0 saturated carbocycles. The van der Waals surface area contributed by atoms with E-state index in [9.17, 15) is 4.79 Å². The van der Waals surface area contributed by atoms with Crippen LogP contribution in [0.2, 0.25) is 0 Å². The maximum atomic E-state index is 11.6. The molecular weight excluding hydrogens is 204 g/mol. The maximum absolute atomic E-state index is 11.6. The number of esters is 1. The normalized spacial score (nSPS) is 18.7. The SMILES string of the molecule is COC(=O)C1CCc2nc3ccccc3n21. The molecule has 0 spiro atoms. The van der Waals surface area contributed by atoms with E-state index in [2.05, 4.69) is 4.98 Å². The first-order valence-electron chi connectivity index (χ1n) is 5.35. The Hall–Kier alpha value is -1.84. The number of methoxy groups -OCH3 is 1. The van der Waals surface area contributed by atoms with Gasteiger partial charge in [0.05, 0.1) is 18.1 Å². The van der Waals surface area contributed by atoms with Crippen molar-refractivity contribution >= 4 is 17.0 Å². The summed E-state index contributed by atoms with van der Waals surface area (Å²) in [4.78, 5) is 16.2. The van der Waals surface area contributed by atoms with Gasteiger partial charge in [-0.2, -0.15) is 0 Å². The summed E-state index contributed by atoms with van der Waals surface area (Å²) in [6.45, 7) is 0. The highest BCUT2D eigenvalue weighted by molar-refractivity contribution is 5.82. The van der Waals surface area contributed by atoms with Gasteiger partial charge in [0.25, 0.3) is 0 Å². The van der Waals surface area contributed by atoms with Gasteiger partial charge in [-0.15, -0.1) is 0 Å². The molecule has 82 valence electrons. The third kappa shape index (κ3) is 1.16. The van der Waals surface area contributed by atoms with Gasteiger partial charge in [0.1, 0.15) is 11.9 Å². The molecule has 3 rings (SSSR count). The topological polar surface area (TPSA) is 44.1 Å². The summed E-state index contributed by atoms with van der Waals surface area (Å²) in [5.74, 6) is 0.804. The molecule has 2 aromatic rings. The van der Waals surface area contributed by atoms with Crippen LogP contribution in [-0.4, -0.2) is 22.6 Å². The van der Waals surface area contributed by atoms with Crippen molar-refractivity contribution in [1.29, 1.82) is 0 Å². The summed E-state index contributed by atoms with van der Waals surface area (Å²) >= 11 is 0. The van der Waals surface area contributed by atoms with E-state index in [4.69, 9.17) is 4.74 Å². The van der Waals surface area contributed by atoms with E-state index in [1.54, 1.807) is 0 Å². The zero-order valence-electron chi connectivity index (χ0n) is 9.01. The summed E-state index contributed by atoms with van der Waals surface area (Å²) in [7, 11) is 1.43. The minimum absolute atomic E-state index is 0.179. The second-order valence-corrected chi connectivity index (χ2v) is 3.96. The van der Waals surface area contributed by atoms with Gasteiger partial charge in [0, 0.05) is 6.42 Å². The van der Waals surface area contributed by atoms with Crippen LogP contribution in [0, 0.1) is 0 Å². The second kappa shape index (κ2) is 3.33. The number of ether oxygens (including phenoxy) is 1. The molecule has 0 aliphatic carbocycles. The summed E-state index contributed by atoms with van der Waals surface area (Å²) in [5, 5.41) is 0. The van der Waals surface area contributed by atoms with Crippen molar-refractivity contribution in [2.24, 2.45) is 0 Å². The molecule has 0 radical (unpaired) electrons. The van der Waals surface area contributed by atoms with Crippen LogP contribution in [-0.2, 0) is 16.0 Å². The molecule has 2 heterocycles. The number of hydrogen-bond donors (Lipinski definition) is 0. The Morgan fingerprint density at radius 1 is 1.50 bits per heavy atom. The summed E-state index contributed by atoms with van der Waals surface area (Å²) in [6.07, 6.45) is 1.63. The van der Waals surface area contributed by atoms with Gasteiger partial charge in [-0.1, -0.05) is 12.1 Å². The molecular formula is C12H12N2O2. The minimum Gasteiger partial charge on any atom is -0.467 e. The van der Waals surface area contributed by atoms with E-state index in [-0.39, 0.29) is 12.0 Å². The molecule has 0 N–H and O–H groups in total. The lowest BCUT2D eigenvalue weighted by Crippen LogP contribution is -2.17. The van der Waals surface area contributed by atoms with E-state index in [1.807, 2.05) is 28.8 Å². The molecule has 1 aliphatic rings. The molecule has 0 saturated heterocycles. The molecule has 0 amide bonds. The molecule has 1 aromatic carbocycles. The van der Waals surface area contributed by atoms with Crippen molar-refractivity contribution < 1.29 is 9.53 Å². The first-order valence-corrected chi connectivity index (χ1v) is 5.35. The Morgan fingerprint density at radius 3 is 3.12 bits per heavy atom. The predicted octanol–water partition coefficient (Wildman–Crippen LogP) is 1.70. The molecule has 1 unspecified atom stereocenters. The molecule has 0 fully saturated rings. The number of rotatable bonds is 1. The lowest BCUT2D eigenvalue weighted by Gasteiger charge is -2.11. The summed E-state index contributed by atoms with van der Waals surface area (Å²) in [6, 6.07) is 7.68. The van der Waals surface area contributed by atoms with Gasteiger partial charge >= 0.3 is 5.97 Å². The number of aromatic nitrogens is 2. The van der Waals surface area contributed by atoms with Crippen LogP contribution in [0.15, 0.2) is 24.3 Å². The second-order valence-electron chi connectivity index (χ2n) is 3.96. The molecule has 16 heavy (non-hydrogen) atoms. The van der Waals surface area contributed by atoms with Crippen molar-refractivity contribution in [3.63, 3.8) is 0 Å². The zero-order valence-corrected chi connectivity index (χ0v) is 9.01. The van der Waals surface area contributed by atoms with Crippen LogP contribution in [0.4, 0.5) is 0 Å². The first kappa shape index (κ1) is 9.39. The highest BCUT2D eigenvalue weighted by Crippen LogP contribution is 2.31. The number of fused-ring (bicyclic) bond motifs is 3. The fraction of sp³-hybridized carbons (Fsp3) is 0.333. The largest absolute Gasteiger partial charge is 0.467 e. The van der Waals surface area contributed by atoms with Gasteiger partial charge in [0.15, 0.2) is 0 Å². The molecule has 0 bridgehead atoms. The van der Waals surface area contributed by atoms with Gasteiger partial charge in [-0.05, 0) is 18.6 Å². The van der Waals surface area contributed by atoms with Crippen molar-refractivity contribution in [3.05, 3.63) is 30.1 Å². The number of aryl methyl sites for hydroxylation is 1. The molecule has 4 heteroatoms. The van der Waals surface area contributed by atoms with E-state index in [0.29, 0.717) is 0 Å². The number of imidazole rings is 1. The number of nitrogens with zero attached hydrogens (tertiary/aromatic N) is 2. The fourth-order valence-corrected chi connectivity index (χ4v) is 2.37. The van der Waals surface area contributed by atoms with Crippen LogP contribution in [0.3, 0.4) is 0 Å². The highest BCUT2D eigenvalue weighted by atomic mass is 16.5. The molecule has 4 nitrogen and oxygen atoms in total. The van der Waals surface area contributed by atoms with E-state index in [1.165, 1.54) is 7.11 Å². The van der Waals surface area contributed by atoms with E-state index < -0.39 is 0 Å². The number of benzene rings is 1. The molecule has 1 atom stereocenters. The van der Waals surface area contributed by atoms with Crippen molar-refractivity contribution in [3.8, 4) is 0 Å². The number of para-hydroxylation sites is 2. The lowest BCUT2D eigenvalue weighted by molar-refractivity contribution is -0.144. The molecule has 1 aliphatic heterocycles. The summed E-state index contributed by atoms with van der Waals surface area (Å²) in [5.41, 5.74) is 1.97. The first-order chi connectivity index (χ1) is 7.81. The standard InChI is InChI=1S/C12H12N2O2/c1-16-12(15)10-6-7-11-13-8-4-2-3-5-9(8)14(10)11/h2-5,10H,6-7H2,1H3. The number of carbonyl (C=O) groups excluding carboxylic acids is 1. The Kier molecular flexibility index (Phi) is 1.96. The van der Waals surface area contributed by atoms with Gasteiger partial charge in [-0.3, -0.25) is 0 Å². The van der Waals surface area contributed by atoms with Crippen LogP contribution < -0.4 is 0 Å². The molecule has 1 aromatic heterocycles. The fourth-order valence-electron chi connectivity index (χ4n) is 2.37.